The van der Waals surface area contributed by atoms with Crippen molar-refractivity contribution >= 4 is 27.1 Å². The predicted octanol–water partition coefficient (Wildman–Crippen LogP) is 8.36. The molecule has 2 aromatic carbocycles. The Morgan fingerprint density at radius 2 is 1.90 bits per heavy atom. The van der Waals surface area contributed by atoms with Crippen molar-refractivity contribution in [2.45, 2.75) is 71.3 Å². The number of aryl methyl sites for hydroxylation is 1. The molecule has 0 heterocycles. The van der Waals surface area contributed by atoms with Crippen LogP contribution in [0.15, 0.2) is 65.2 Å². The fourth-order valence-corrected chi connectivity index (χ4v) is 6.46. The SMILES string of the molecule is C=C(c1ccccc1)[C@@]12CC[C@@H](O)C1CC(CCCCCC)=C2c1cc(Br)ccc1C. The molecule has 2 aliphatic rings. The van der Waals surface area contributed by atoms with Gasteiger partial charge in [0.05, 0.1) is 6.10 Å². The number of aliphatic hydroxyl groups is 1. The van der Waals surface area contributed by atoms with Gasteiger partial charge in [0.2, 0.25) is 0 Å². The molecular formula is C29H35BrO. The molecule has 0 amide bonds. The minimum Gasteiger partial charge on any atom is -0.393 e. The lowest BCUT2D eigenvalue weighted by Gasteiger charge is -2.37. The molecule has 0 radical (unpaired) electrons. The Bertz CT molecular complexity index is 973. The standard InChI is InChI=1S/C29H35BrO/c1-4-5-6-8-13-23-18-26-27(31)16-17-29(26,21(3)22-11-9-7-10-12-22)28(23)25-19-24(30)15-14-20(25)2/h7,9-12,14-15,19,26-27,31H,3-6,8,13,16-18H2,1-2H3/t26?,27-,29+/m1/s1. The second-order valence-corrected chi connectivity index (χ2v) is 10.4. The number of hydrogen-bond donors (Lipinski definition) is 1. The molecule has 0 aliphatic heterocycles. The number of allylic oxidation sites excluding steroid dienone is 3. The van der Waals surface area contributed by atoms with E-state index in [0.717, 1.165) is 30.2 Å². The molecule has 1 unspecified atom stereocenters. The third-order valence-electron chi connectivity index (χ3n) is 7.66. The normalized spacial score (nSPS) is 25.2. The Balaban J connectivity index is 1.86. The molecule has 2 heteroatoms. The second kappa shape index (κ2) is 9.46. The molecule has 31 heavy (non-hydrogen) atoms. The average Bonchev–Trinajstić information content (AvgIpc) is 3.28. The largest absolute Gasteiger partial charge is 0.393 e. The van der Waals surface area contributed by atoms with Crippen molar-refractivity contribution < 1.29 is 5.11 Å². The van der Waals surface area contributed by atoms with Gasteiger partial charge in [0.1, 0.15) is 0 Å². The Kier molecular flexibility index (Phi) is 6.89. The van der Waals surface area contributed by atoms with Crippen LogP contribution in [0.5, 0.6) is 0 Å². The van der Waals surface area contributed by atoms with Gasteiger partial charge in [-0.2, -0.15) is 0 Å². The number of halogens is 1. The van der Waals surface area contributed by atoms with E-state index in [1.165, 1.54) is 53.5 Å². The summed E-state index contributed by atoms with van der Waals surface area (Å²) < 4.78 is 1.12. The smallest absolute Gasteiger partial charge is 0.0583 e. The van der Waals surface area contributed by atoms with Crippen molar-refractivity contribution in [1.29, 1.82) is 0 Å². The van der Waals surface area contributed by atoms with Gasteiger partial charge in [-0.15, -0.1) is 0 Å². The van der Waals surface area contributed by atoms with Crippen molar-refractivity contribution in [3.05, 3.63) is 81.8 Å². The fourth-order valence-electron chi connectivity index (χ4n) is 6.10. The summed E-state index contributed by atoms with van der Waals surface area (Å²) in [6, 6.07) is 17.3. The number of aliphatic hydroxyl groups excluding tert-OH is 1. The fraction of sp³-hybridized carbons (Fsp3) is 0.448. The molecule has 1 nitrogen and oxygen atoms in total. The van der Waals surface area contributed by atoms with Crippen molar-refractivity contribution in [2.75, 3.05) is 0 Å². The van der Waals surface area contributed by atoms with Gasteiger partial charge in [0.25, 0.3) is 0 Å². The lowest BCUT2D eigenvalue weighted by Crippen LogP contribution is -2.29. The van der Waals surface area contributed by atoms with Crippen LogP contribution in [0.3, 0.4) is 0 Å². The molecular weight excluding hydrogens is 444 g/mol. The van der Waals surface area contributed by atoms with Crippen molar-refractivity contribution in [3.63, 3.8) is 0 Å². The first-order valence-electron chi connectivity index (χ1n) is 11.9. The monoisotopic (exact) mass is 478 g/mol. The van der Waals surface area contributed by atoms with Crippen LogP contribution in [0.25, 0.3) is 11.1 Å². The van der Waals surface area contributed by atoms with Gasteiger partial charge in [-0.05, 0) is 79.0 Å². The molecule has 1 fully saturated rings. The van der Waals surface area contributed by atoms with E-state index in [9.17, 15) is 5.11 Å². The maximum Gasteiger partial charge on any atom is 0.0583 e. The van der Waals surface area contributed by atoms with Crippen LogP contribution in [-0.2, 0) is 0 Å². The van der Waals surface area contributed by atoms with Crippen LogP contribution in [-0.4, -0.2) is 11.2 Å². The number of unbranched alkanes of at least 4 members (excludes halogenated alkanes) is 3. The second-order valence-electron chi connectivity index (χ2n) is 9.48. The third kappa shape index (κ3) is 4.10. The maximum atomic E-state index is 11.1. The van der Waals surface area contributed by atoms with E-state index in [1.807, 2.05) is 0 Å². The maximum absolute atomic E-state index is 11.1. The van der Waals surface area contributed by atoms with Gasteiger partial charge in [-0.3, -0.25) is 0 Å². The highest BCUT2D eigenvalue weighted by Gasteiger charge is 2.56. The van der Waals surface area contributed by atoms with Gasteiger partial charge < -0.3 is 5.11 Å². The van der Waals surface area contributed by atoms with E-state index >= 15 is 0 Å². The average molecular weight is 480 g/mol. The highest BCUT2D eigenvalue weighted by molar-refractivity contribution is 9.10. The zero-order chi connectivity index (χ0) is 22.0. The summed E-state index contributed by atoms with van der Waals surface area (Å²) in [6.45, 7) is 9.18. The number of benzene rings is 2. The summed E-state index contributed by atoms with van der Waals surface area (Å²) in [5.41, 5.74) is 7.90. The molecule has 0 spiro atoms. The summed E-state index contributed by atoms with van der Waals surface area (Å²) in [6.07, 6.45) is 8.79. The van der Waals surface area contributed by atoms with E-state index in [0.29, 0.717) is 0 Å². The molecule has 2 aromatic rings. The first-order valence-corrected chi connectivity index (χ1v) is 12.7. The van der Waals surface area contributed by atoms with E-state index in [-0.39, 0.29) is 17.4 Å². The van der Waals surface area contributed by atoms with Crippen LogP contribution in [0.2, 0.25) is 0 Å². The van der Waals surface area contributed by atoms with Gasteiger partial charge >= 0.3 is 0 Å². The summed E-state index contributed by atoms with van der Waals surface area (Å²) in [5, 5.41) is 11.1. The molecule has 0 saturated heterocycles. The van der Waals surface area contributed by atoms with Crippen molar-refractivity contribution in [2.24, 2.45) is 11.3 Å². The number of rotatable bonds is 8. The Labute approximate surface area is 196 Å². The Morgan fingerprint density at radius 1 is 1.13 bits per heavy atom. The molecule has 4 rings (SSSR count). The zero-order valence-corrected chi connectivity index (χ0v) is 20.5. The highest BCUT2D eigenvalue weighted by atomic mass is 79.9. The first-order chi connectivity index (χ1) is 15.0. The van der Waals surface area contributed by atoms with Crippen molar-refractivity contribution in [1.82, 2.24) is 0 Å². The van der Waals surface area contributed by atoms with Crippen LogP contribution in [0.4, 0.5) is 0 Å². The van der Waals surface area contributed by atoms with Crippen molar-refractivity contribution in [3.8, 4) is 0 Å². The third-order valence-corrected chi connectivity index (χ3v) is 8.15. The topological polar surface area (TPSA) is 20.2 Å². The quantitative estimate of drug-likeness (QED) is 0.377. The zero-order valence-electron chi connectivity index (χ0n) is 19.0. The van der Waals surface area contributed by atoms with Gasteiger partial charge in [0, 0.05) is 15.8 Å². The predicted molar refractivity (Wildman–Crippen MR) is 136 cm³/mol. The summed E-state index contributed by atoms with van der Waals surface area (Å²) in [4.78, 5) is 0. The van der Waals surface area contributed by atoms with E-state index < -0.39 is 0 Å². The molecule has 164 valence electrons. The van der Waals surface area contributed by atoms with E-state index in [4.69, 9.17) is 0 Å². The molecule has 1 N–H and O–H groups in total. The Hall–Kier alpha value is -1.64. The summed E-state index contributed by atoms with van der Waals surface area (Å²) >= 11 is 3.73. The first kappa shape index (κ1) is 22.6. The molecule has 2 aliphatic carbocycles. The molecule has 3 atom stereocenters. The minimum absolute atomic E-state index is 0.174. The molecule has 1 saturated carbocycles. The van der Waals surface area contributed by atoms with Gasteiger partial charge in [-0.25, -0.2) is 0 Å². The van der Waals surface area contributed by atoms with Crippen LogP contribution in [0, 0.1) is 18.3 Å². The van der Waals surface area contributed by atoms with Gasteiger partial charge in [0.15, 0.2) is 0 Å². The summed E-state index contributed by atoms with van der Waals surface area (Å²) in [7, 11) is 0. The minimum atomic E-state index is -0.254. The lowest BCUT2D eigenvalue weighted by molar-refractivity contribution is 0.120. The molecule has 0 bridgehead atoms. The highest BCUT2D eigenvalue weighted by Crippen LogP contribution is 2.66. The van der Waals surface area contributed by atoms with Crippen LogP contribution < -0.4 is 0 Å². The lowest BCUT2D eigenvalue weighted by atomic mass is 9.66. The van der Waals surface area contributed by atoms with Gasteiger partial charge in [-0.1, -0.05) is 90.7 Å². The van der Waals surface area contributed by atoms with E-state index in [2.05, 4.69) is 84.9 Å². The molecule has 0 aromatic heterocycles. The number of fused-ring (bicyclic) bond motifs is 1. The number of hydrogen-bond acceptors (Lipinski definition) is 1. The summed E-state index contributed by atoms with van der Waals surface area (Å²) in [5.74, 6) is 0.231. The van der Waals surface area contributed by atoms with Crippen LogP contribution >= 0.6 is 15.9 Å². The Morgan fingerprint density at radius 3 is 2.65 bits per heavy atom. The van der Waals surface area contributed by atoms with E-state index in [1.54, 1.807) is 5.57 Å². The van der Waals surface area contributed by atoms with Crippen LogP contribution in [0.1, 0.15) is 75.0 Å².